The van der Waals surface area contributed by atoms with Crippen molar-refractivity contribution in [1.29, 1.82) is 5.26 Å². The number of hydrogen-bond donors (Lipinski definition) is 0. The highest BCUT2D eigenvalue weighted by Gasteiger charge is 2.08. The van der Waals surface area contributed by atoms with Gasteiger partial charge in [0.1, 0.15) is 11.8 Å². The van der Waals surface area contributed by atoms with E-state index in [2.05, 4.69) is 6.07 Å². The molecule has 0 saturated heterocycles. The average Bonchev–Trinajstić information content (AvgIpc) is 2.26. The molecule has 74 valence electrons. The molecule has 0 fully saturated rings. The van der Waals surface area contributed by atoms with Gasteiger partial charge in [-0.2, -0.15) is 5.26 Å². The van der Waals surface area contributed by atoms with Crippen LogP contribution in [-0.4, -0.2) is 6.10 Å². The smallest absolute Gasteiger partial charge is 0.184 e. The highest BCUT2D eigenvalue weighted by atomic mass is 35.5. The van der Waals surface area contributed by atoms with Gasteiger partial charge in [-0.25, -0.2) is 0 Å². The van der Waals surface area contributed by atoms with Crippen molar-refractivity contribution in [2.75, 3.05) is 0 Å². The van der Waals surface area contributed by atoms with Crippen molar-refractivity contribution in [2.45, 2.75) is 25.3 Å². The number of alkyl halides is 1. The van der Waals surface area contributed by atoms with Crippen LogP contribution in [0.25, 0.3) is 0 Å². The molecule has 0 aliphatic heterocycles. The Labute approximate surface area is 89.1 Å². The number of halogens is 1. The maximum absolute atomic E-state index is 8.74. The van der Waals surface area contributed by atoms with E-state index in [1.165, 1.54) is 0 Å². The number of rotatable bonds is 4. The first kappa shape index (κ1) is 10.9. The van der Waals surface area contributed by atoms with Crippen molar-refractivity contribution in [2.24, 2.45) is 0 Å². The summed E-state index contributed by atoms with van der Waals surface area (Å²) in [5, 5.41) is 8.74. The van der Waals surface area contributed by atoms with E-state index >= 15 is 0 Å². The summed E-state index contributed by atoms with van der Waals surface area (Å²) < 4.78 is 5.49. The lowest BCUT2D eigenvalue weighted by molar-refractivity contribution is 0.250. The first-order valence-corrected chi connectivity index (χ1v) is 5.05. The van der Waals surface area contributed by atoms with E-state index in [1.807, 2.05) is 31.2 Å². The number of para-hydroxylation sites is 1. The predicted octanol–water partition coefficient (Wildman–Crippen LogP) is 3.11. The maximum atomic E-state index is 8.74. The van der Waals surface area contributed by atoms with Gasteiger partial charge in [-0.1, -0.05) is 25.1 Å². The van der Waals surface area contributed by atoms with E-state index in [4.69, 9.17) is 21.6 Å². The summed E-state index contributed by atoms with van der Waals surface area (Å²) in [6.45, 7) is 1.91. The summed E-state index contributed by atoms with van der Waals surface area (Å²) in [6.07, 6.45) is 0.284. The normalized spacial score (nSPS) is 11.8. The van der Waals surface area contributed by atoms with E-state index < -0.39 is 0 Å². The zero-order chi connectivity index (χ0) is 10.4. The highest BCUT2D eigenvalue weighted by molar-refractivity contribution is 6.17. The van der Waals surface area contributed by atoms with Gasteiger partial charge in [0.15, 0.2) is 6.10 Å². The second-order valence-electron chi connectivity index (χ2n) is 2.89. The minimum Gasteiger partial charge on any atom is -0.475 e. The van der Waals surface area contributed by atoms with Crippen LogP contribution in [0.15, 0.2) is 24.3 Å². The van der Waals surface area contributed by atoms with E-state index in [9.17, 15) is 0 Å². The molecule has 0 saturated carbocycles. The molecule has 0 amide bonds. The van der Waals surface area contributed by atoms with E-state index in [-0.39, 0.29) is 6.10 Å². The topological polar surface area (TPSA) is 33.0 Å². The fraction of sp³-hybridized carbons (Fsp3) is 0.364. The van der Waals surface area contributed by atoms with Crippen molar-refractivity contribution >= 4 is 11.6 Å². The lowest BCUT2D eigenvalue weighted by Crippen LogP contribution is -2.13. The third-order valence-corrected chi connectivity index (χ3v) is 2.19. The molecule has 0 radical (unpaired) electrons. The van der Waals surface area contributed by atoms with Crippen LogP contribution >= 0.6 is 11.6 Å². The average molecular weight is 210 g/mol. The molecule has 3 heteroatoms. The van der Waals surface area contributed by atoms with Crippen LogP contribution in [-0.2, 0) is 5.88 Å². The van der Waals surface area contributed by atoms with E-state index in [0.29, 0.717) is 18.1 Å². The fourth-order valence-electron chi connectivity index (χ4n) is 1.08. The van der Waals surface area contributed by atoms with E-state index in [0.717, 1.165) is 5.56 Å². The van der Waals surface area contributed by atoms with Crippen LogP contribution in [0, 0.1) is 11.3 Å². The molecule has 0 heterocycles. The molecule has 0 aliphatic rings. The maximum Gasteiger partial charge on any atom is 0.184 e. The Hall–Kier alpha value is -1.20. The summed E-state index contributed by atoms with van der Waals surface area (Å²) in [6, 6.07) is 9.58. The number of nitrogens with zero attached hydrogens (tertiary/aromatic N) is 1. The zero-order valence-corrected chi connectivity index (χ0v) is 8.79. The van der Waals surface area contributed by atoms with Gasteiger partial charge < -0.3 is 4.74 Å². The Kier molecular flexibility index (Phi) is 4.28. The second kappa shape index (κ2) is 5.51. The Morgan fingerprint density at radius 3 is 2.79 bits per heavy atom. The summed E-state index contributed by atoms with van der Waals surface area (Å²) in [5.74, 6) is 1.11. The zero-order valence-electron chi connectivity index (χ0n) is 8.03. The van der Waals surface area contributed by atoms with Gasteiger partial charge in [0.2, 0.25) is 0 Å². The van der Waals surface area contributed by atoms with Gasteiger partial charge in [-0.3, -0.25) is 0 Å². The third kappa shape index (κ3) is 2.65. The quantitative estimate of drug-likeness (QED) is 0.714. The SMILES string of the molecule is CCC(C#N)Oc1ccccc1CCl. The fourth-order valence-corrected chi connectivity index (χ4v) is 1.30. The van der Waals surface area contributed by atoms with Crippen LogP contribution in [0.1, 0.15) is 18.9 Å². The van der Waals surface area contributed by atoms with Crippen molar-refractivity contribution in [3.8, 4) is 11.8 Å². The summed E-state index contributed by atoms with van der Waals surface area (Å²) in [5.41, 5.74) is 0.919. The van der Waals surface area contributed by atoms with Gasteiger partial charge in [0.25, 0.3) is 0 Å². The van der Waals surface area contributed by atoms with Crippen LogP contribution < -0.4 is 4.74 Å². The van der Waals surface area contributed by atoms with Crippen LogP contribution in [0.3, 0.4) is 0 Å². The molecule has 0 aliphatic carbocycles. The molecule has 1 unspecified atom stereocenters. The monoisotopic (exact) mass is 209 g/mol. The van der Waals surface area contributed by atoms with Gasteiger partial charge in [-0.15, -0.1) is 11.6 Å². The second-order valence-corrected chi connectivity index (χ2v) is 3.15. The Morgan fingerprint density at radius 1 is 1.50 bits per heavy atom. The predicted molar refractivity (Wildman–Crippen MR) is 56.3 cm³/mol. The molecule has 1 aromatic rings. The number of benzene rings is 1. The number of hydrogen-bond acceptors (Lipinski definition) is 2. The van der Waals surface area contributed by atoms with Crippen molar-refractivity contribution < 1.29 is 4.74 Å². The molecular formula is C11H12ClNO. The number of ether oxygens (including phenoxy) is 1. The summed E-state index contributed by atoms with van der Waals surface area (Å²) in [4.78, 5) is 0. The molecule has 0 N–H and O–H groups in total. The molecule has 0 spiro atoms. The molecule has 0 aromatic heterocycles. The largest absolute Gasteiger partial charge is 0.475 e. The third-order valence-electron chi connectivity index (χ3n) is 1.90. The molecule has 2 nitrogen and oxygen atoms in total. The molecular weight excluding hydrogens is 198 g/mol. The van der Waals surface area contributed by atoms with Crippen molar-refractivity contribution in [3.05, 3.63) is 29.8 Å². The van der Waals surface area contributed by atoms with Crippen molar-refractivity contribution in [1.82, 2.24) is 0 Å². The first-order chi connectivity index (χ1) is 6.81. The molecule has 1 rings (SSSR count). The Morgan fingerprint density at radius 2 is 2.21 bits per heavy atom. The molecule has 0 bridgehead atoms. The molecule has 1 atom stereocenters. The summed E-state index contributed by atoms with van der Waals surface area (Å²) >= 11 is 5.74. The first-order valence-electron chi connectivity index (χ1n) is 4.52. The van der Waals surface area contributed by atoms with Gasteiger partial charge >= 0.3 is 0 Å². The van der Waals surface area contributed by atoms with Crippen LogP contribution in [0.2, 0.25) is 0 Å². The lowest BCUT2D eigenvalue weighted by Gasteiger charge is -2.12. The Bertz CT molecular complexity index is 332. The minimum atomic E-state index is -0.389. The van der Waals surface area contributed by atoms with Crippen LogP contribution in [0.4, 0.5) is 0 Å². The minimum absolute atomic E-state index is 0.389. The number of nitriles is 1. The van der Waals surface area contributed by atoms with Gasteiger partial charge in [0.05, 0.1) is 5.88 Å². The van der Waals surface area contributed by atoms with Crippen molar-refractivity contribution in [3.63, 3.8) is 0 Å². The Balaban J connectivity index is 2.80. The molecule has 14 heavy (non-hydrogen) atoms. The van der Waals surface area contributed by atoms with Gasteiger partial charge in [-0.05, 0) is 12.5 Å². The van der Waals surface area contributed by atoms with Crippen LogP contribution in [0.5, 0.6) is 5.75 Å². The highest BCUT2D eigenvalue weighted by Crippen LogP contribution is 2.21. The lowest BCUT2D eigenvalue weighted by atomic mass is 10.2. The van der Waals surface area contributed by atoms with E-state index in [1.54, 1.807) is 0 Å². The standard InChI is InChI=1S/C11H12ClNO/c1-2-10(8-13)14-11-6-4-3-5-9(11)7-12/h3-6,10H,2,7H2,1H3. The summed E-state index contributed by atoms with van der Waals surface area (Å²) in [7, 11) is 0. The molecule has 1 aromatic carbocycles. The van der Waals surface area contributed by atoms with Gasteiger partial charge in [0, 0.05) is 5.56 Å².